The van der Waals surface area contributed by atoms with E-state index in [-0.39, 0.29) is 5.41 Å². The maximum absolute atomic E-state index is 5.58. The van der Waals surface area contributed by atoms with Crippen LogP contribution in [0.15, 0.2) is 4.47 Å². The fraction of sp³-hybridized carbons (Fsp3) is 0.692. The third-order valence-corrected chi connectivity index (χ3v) is 4.57. The third-order valence-electron chi connectivity index (χ3n) is 3.24. The van der Waals surface area contributed by atoms with Crippen LogP contribution in [0.4, 0.5) is 0 Å². The zero-order valence-corrected chi connectivity index (χ0v) is 14.3. The standard InChI is InChI=1S/C13H21BrN2OS/c1-7-13(5,17-6)11-15-9(12(2,3)4)8(14)10(18)16-11/h7H2,1-6H3,(H,15,16,18). The van der Waals surface area contributed by atoms with Gasteiger partial charge in [0.05, 0.1) is 4.47 Å². The largest absolute Gasteiger partial charge is 0.371 e. The van der Waals surface area contributed by atoms with Gasteiger partial charge in [-0.25, -0.2) is 4.98 Å². The lowest BCUT2D eigenvalue weighted by atomic mass is 9.91. The summed E-state index contributed by atoms with van der Waals surface area (Å²) in [7, 11) is 1.70. The van der Waals surface area contributed by atoms with E-state index in [0.717, 1.165) is 22.4 Å². The van der Waals surface area contributed by atoms with E-state index in [2.05, 4.69) is 53.6 Å². The molecule has 1 atom stereocenters. The highest BCUT2D eigenvalue weighted by atomic mass is 79.9. The molecule has 1 aromatic rings. The molecule has 0 aliphatic heterocycles. The minimum atomic E-state index is -0.436. The SMILES string of the molecule is CCC(C)(OC)c1nc(=S)c(Br)c(C(C)(C)C)[nH]1. The molecular formula is C13H21BrN2OS. The summed E-state index contributed by atoms with van der Waals surface area (Å²) in [4.78, 5) is 7.83. The molecule has 0 radical (unpaired) electrons. The van der Waals surface area contributed by atoms with Crippen LogP contribution in [-0.2, 0) is 15.8 Å². The molecule has 0 amide bonds. The van der Waals surface area contributed by atoms with E-state index < -0.39 is 5.60 Å². The molecule has 5 heteroatoms. The van der Waals surface area contributed by atoms with Crippen molar-refractivity contribution in [2.75, 3.05) is 7.11 Å². The van der Waals surface area contributed by atoms with Crippen molar-refractivity contribution in [1.29, 1.82) is 0 Å². The summed E-state index contributed by atoms with van der Waals surface area (Å²) >= 11 is 8.85. The molecule has 0 spiro atoms. The molecular weight excluding hydrogens is 312 g/mol. The van der Waals surface area contributed by atoms with Crippen LogP contribution in [-0.4, -0.2) is 17.1 Å². The van der Waals surface area contributed by atoms with Crippen LogP contribution in [0.25, 0.3) is 0 Å². The Kier molecular flexibility index (Phi) is 4.73. The number of aromatic nitrogens is 2. The average molecular weight is 333 g/mol. The fourth-order valence-electron chi connectivity index (χ4n) is 1.63. The molecule has 0 saturated carbocycles. The first-order valence-corrected chi connectivity index (χ1v) is 7.21. The first kappa shape index (κ1) is 15.8. The lowest BCUT2D eigenvalue weighted by Crippen LogP contribution is -2.28. The van der Waals surface area contributed by atoms with Crippen LogP contribution < -0.4 is 0 Å². The Bertz CT molecular complexity index is 487. The number of H-pyrrole nitrogens is 1. The Morgan fingerprint density at radius 1 is 1.33 bits per heavy atom. The molecule has 1 rings (SSSR count). The van der Waals surface area contributed by atoms with Crippen molar-refractivity contribution in [2.45, 2.75) is 52.1 Å². The Balaban J connectivity index is 3.52. The third kappa shape index (κ3) is 3.00. The molecule has 18 heavy (non-hydrogen) atoms. The number of hydrogen-bond donors (Lipinski definition) is 1. The van der Waals surface area contributed by atoms with Gasteiger partial charge in [0, 0.05) is 18.2 Å². The van der Waals surface area contributed by atoms with Crippen molar-refractivity contribution >= 4 is 28.1 Å². The zero-order chi connectivity index (χ0) is 14.1. The quantitative estimate of drug-likeness (QED) is 0.829. The van der Waals surface area contributed by atoms with Crippen molar-refractivity contribution in [3.05, 3.63) is 20.6 Å². The summed E-state index contributed by atoms with van der Waals surface area (Å²) in [5, 5.41) is 0. The monoisotopic (exact) mass is 332 g/mol. The number of hydrogen-bond acceptors (Lipinski definition) is 3. The second-order valence-corrected chi connectivity index (χ2v) is 6.80. The number of halogens is 1. The van der Waals surface area contributed by atoms with Crippen molar-refractivity contribution in [3.63, 3.8) is 0 Å². The van der Waals surface area contributed by atoms with Crippen LogP contribution in [0.3, 0.4) is 0 Å². The molecule has 0 bridgehead atoms. The zero-order valence-electron chi connectivity index (χ0n) is 11.8. The highest BCUT2D eigenvalue weighted by Gasteiger charge is 2.29. The maximum atomic E-state index is 5.58. The molecule has 0 aliphatic rings. The van der Waals surface area contributed by atoms with E-state index in [1.807, 2.05) is 6.92 Å². The molecule has 1 heterocycles. The van der Waals surface area contributed by atoms with E-state index in [1.54, 1.807) is 7.11 Å². The van der Waals surface area contributed by atoms with Crippen LogP contribution in [0, 0.1) is 4.64 Å². The molecule has 0 aromatic carbocycles. The van der Waals surface area contributed by atoms with Gasteiger partial charge in [0.15, 0.2) is 0 Å². The smallest absolute Gasteiger partial charge is 0.144 e. The van der Waals surface area contributed by atoms with Gasteiger partial charge in [0.1, 0.15) is 16.1 Å². The van der Waals surface area contributed by atoms with E-state index in [1.165, 1.54) is 0 Å². The number of ether oxygens (including phenoxy) is 1. The number of nitrogens with one attached hydrogen (secondary N) is 1. The summed E-state index contributed by atoms with van der Waals surface area (Å²) in [5.41, 5.74) is 0.579. The first-order chi connectivity index (χ1) is 8.15. The topological polar surface area (TPSA) is 37.9 Å². The van der Waals surface area contributed by atoms with E-state index >= 15 is 0 Å². The minimum absolute atomic E-state index is 0.0352. The molecule has 0 fully saturated rings. The molecule has 1 unspecified atom stereocenters. The van der Waals surface area contributed by atoms with Crippen molar-refractivity contribution in [3.8, 4) is 0 Å². The van der Waals surface area contributed by atoms with Gasteiger partial charge in [-0.2, -0.15) is 0 Å². The van der Waals surface area contributed by atoms with Gasteiger partial charge in [0.2, 0.25) is 0 Å². The molecule has 1 N–H and O–H groups in total. The number of rotatable bonds is 3. The second-order valence-electron chi connectivity index (χ2n) is 5.62. The number of nitrogens with zero attached hydrogens (tertiary/aromatic N) is 1. The molecule has 1 aromatic heterocycles. The van der Waals surface area contributed by atoms with Crippen LogP contribution in [0.1, 0.15) is 52.6 Å². The molecule has 102 valence electrons. The van der Waals surface area contributed by atoms with E-state index in [9.17, 15) is 0 Å². The summed E-state index contributed by atoms with van der Waals surface area (Å²) in [6.07, 6.45) is 0.826. The second kappa shape index (κ2) is 5.39. The van der Waals surface area contributed by atoms with Crippen LogP contribution >= 0.6 is 28.1 Å². The van der Waals surface area contributed by atoms with Crippen LogP contribution in [0.5, 0.6) is 0 Å². The Hall–Kier alpha value is -0.260. The number of methoxy groups -OCH3 is 1. The highest BCUT2D eigenvalue weighted by molar-refractivity contribution is 9.10. The van der Waals surface area contributed by atoms with Crippen molar-refractivity contribution < 1.29 is 4.74 Å². The van der Waals surface area contributed by atoms with Crippen LogP contribution in [0.2, 0.25) is 0 Å². The molecule has 3 nitrogen and oxygen atoms in total. The van der Waals surface area contributed by atoms with Gasteiger partial charge in [-0.1, -0.05) is 39.9 Å². The predicted octanol–water partition coefficient (Wildman–Crippen LogP) is 4.47. The summed E-state index contributed by atoms with van der Waals surface area (Å²) in [6, 6.07) is 0. The Labute approximate surface area is 122 Å². The summed E-state index contributed by atoms with van der Waals surface area (Å²) in [6.45, 7) is 10.5. The normalized spacial score (nSPS) is 15.5. The molecule has 0 aliphatic carbocycles. The summed E-state index contributed by atoms with van der Waals surface area (Å²) in [5.74, 6) is 0.783. The molecule has 0 saturated heterocycles. The predicted molar refractivity (Wildman–Crippen MR) is 80.5 cm³/mol. The van der Waals surface area contributed by atoms with Gasteiger partial charge in [-0.05, 0) is 29.3 Å². The Morgan fingerprint density at radius 3 is 2.28 bits per heavy atom. The van der Waals surface area contributed by atoms with Crippen molar-refractivity contribution in [1.82, 2.24) is 9.97 Å². The lowest BCUT2D eigenvalue weighted by molar-refractivity contribution is -0.00941. The van der Waals surface area contributed by atoms with E-state index in [4.69, 9.17) is 17.0 Å². The highest BCUT2D eigenvalue weighted by Crippen LogP contribution is 2.32. The van der Waals surface area contributed by atoms with E-state index in [0.29, 0.717) is 4.64 Å². The van der Waals surface area contributed by atoms with Gasteiger partial charge >= 0.3 is 0 Å². The van der Waals surface area contributed by atoms with Gasteiger partial charge in [0.25, 0.3) is 0 Å². The average Bonchev–Trinajstić information content (AvgIpc) is 2.29. The summed E-state index contributed by atoms with van der Waals surface area (Å²) < 4.78 is 7.02. The number of aromatic amines is 1. The van der Waals surface area contributed by atoms with Gasteiger partial charge < -0.3 is 9.72 Å². The Morgan fingerprint density at radius 2 is 1.89 bits per heavy atom. The first-order valence-electron chi connectivity index (χ1n) is 6.01. The van der Waals surface area contributed by atoms with Gasteiger partial charge in [-0.15, -0.1) is 0 Å². The maximum Gasteiger partial charge on any atom is 0.144 e. The minimum Gasteiger partial charge on any atom is -0.371 e. The lowest BCUT2D eigenvalue weighted by Gasteiger charge is -2.29. The van der Waals surface area contributed by atoms with Gasteiger partial charge in [-0.3, -0.25) is 0 Å². The van der Waals surface area contributed by atoms with Crippen molar-refractivity contribution in [2.24, 2.45) is 0 Å². The fourth-order valence-corrected chi connectivity index (χ4v) is 2.61.